The van der Waals surface area contributed by atoms with Crippen molar-refractivity contribution in [3.05, 3.63) is 23.0 Å². The van der Waals surface area contributed by atoms with Gasteiger partial charge in [0.15, 0.2) is 0 Å². The number of aromatic nitrogens is 1. The number of carboxylic acids is 1. The minimum atomic E-state index is -0.967. The molecule has 1 N–H and O–H groups in total. The van der Waals surface area contributed by atoms with Crippen LogP contribution >= 0.6 is 11.6 Å². The van der Waals surface area contributed by atoms with Gasteiger partial charge in [-0.05, 0) is 19.4 Å². The largest absolute Gasteiger partial charge is 0.477 e. The van der Waals surface area contributed by atoms with Crippen molar-refractivity contribution < 1.29 is 14.6 Å². The first-order valence-electron chi connectivity index (χ1n) is 4.66. The zero-order valence-electron chi connectivity index (χ0n) is 8.74. The Morgan fingerprint density at radius 2 is 2.40 bits per heavy atom. The maximum Gasteiger partial charge on any atom is 0.352 e. The van der Waals surface area contributed by atoms with Crippen LogP contribution in [0.2, 0.25) is 5.02 Å². The molecule has 0 saturated carbocycles. The summed E-state index contributed by atoms with van der Waals surface area (Å²) in [7, 11) is 1.62. The summed E-state index contributed by atoms with van der Waals surface area (Å²) in [5.41, 5.74) is 0.212. The summed E-state index contributed by atoms with van der Waals surface area (Å²) < 4.78 is 6.60. The van der Waals surface area contributed by atoms with E-state index in [0.717, 1.165) is 6.42 Å². The second-order valence-corrected chi connectivity index (χ2v) is 3.82. The van der Waals surface area contributed by atoms with Crippen molar-refractivity contribution in [3.8, 4) is 0 Å². The van der Waals surface area contributed by atoms with Crippen LogP contribution < -0.4 is 0 Å². The van der Waals surface area contributed by atoms with E-state index in [0.29, 0.717) is 11.6 Å². The second-order valence-electron chi connectivity index (χ2n) is 3.39. The zero-order valence-corrected chi connectivity index (χ0v) is 9.49. The third-order valence-electron chi connectivity index (χ3n) is 2.25. The highest BCUT2D eigenvalue weighted by Gasteiger charge is 2.15. The maximum atomic E-state index is 10.9. The van der Waals surface area contributed by atoms with Crippen LogP contribution in [-0.2, 0) is 4.74 Å². The molecule has 0 aromatic carbocycles. The monoisotopic (exact) mass is 231 g/mol. The van der Waals surface area contributed by atoms with Crippen molar-refractivity contribution in [2.45, 2.75) is 19.4 Å². The third kappa shape index (κ3) is 2.97. The first-order chi connectivity index (χ1) is 7.06. The second kappa shape index (κ2) is 5.19. The highest BCUT2D eigenvalue weighted by molar-refractivity contribution is 6.30. The lowest BCUT2D eigenvalue weighted by Gasteiger charge is -2.14. The topological polar surface area (TPSA) is 51.5 Å². The first-order valence-corrected chi connectivity index (χ1v) is 5.03. The van der Waals surface area contributed by atoms with Crippen LogP contribution in [0.15, 0.2) is 12.3 Å². The number of halogens is 1. The van der Waals surface area contributed by atoms with Gasteiger partial charge in [-0.1, -0.05) is 11.6 Å². The molecule has 0 saturated heterocycles. The summed E-state index contributed by atoms with van der Waals surface area (Å²) in [4.78, 5) is 10.9. The number of carbonyl (C=O) groups is 1. The molecule has 0 amide bonds. The van der Waals surface area contributed by atoms with Crippen molar-refractivity contribution in [1.82, 2.24) is 4.57 Å². The number of hydrogen-bond donors (Lipinski definition) is 1. The minimum Gasteiger partial charge on any atom is -0.477 e. The van der Waals surface area contributed by atoms with Gasteiger partial charge in [0.25, 0.3) is 0 Å². The molecule has 0 aliphatic rings. The van der Waals surface area contributed by atoms with Crippen LogP contribution in [0.4, 0.5) is 0 Å². The van der Waals surface area contributed by atoms with Crippen LogP contribution in [0.5, 0.6) is 0 Å². The van der Waals surface area contributed by atoms with Gasteiger partial charge in [0.2, 0.25) is 0 Å². The number of hydrogen-bond acceptors (Lipinski definition) is 2. The zero-order chi connectivity index (χ0) is 11.4. The van der Waals surface area contributed by atoms with E-state index < -0.39 is 5.97 Å². The van der Waals surface area contributed by atoms with Crippen LogP contribution in [0.3, 0.4) is 0 Å². The molecule has 0 spiro atoms. The SMILES string of the molecule is COCCC(C)n1cc(Cl)cc1C(=O)O. The van der Waals surface area contributed by atoms with Gasteiger partial charge < -0.3 is 14.4 Å². The Kier molecular flexibility index (Phi) is 4.17. The van der Waals surface area contributed by atoms with E-state index in [1.807, 2.05) is 6.92 Å². The van der Waals surface area contributed by atoms with Crippen LogP contribution in [-0.4, -0.2) is 29.4 Å². The average molecular weight is 232 g/mol. The fourth-order valence-electron chi connectivity index (χ4n) is 1.41. The summed E-state index contributed by atoms with van der Waals surface area (Å²) in [5, 5.41) is 9.38. The molecule has 4 nitrogen and oxygen atoms in total. The molecule has 84 valence electrons. The Bertz CT molecular complexity index is 348. The molecule has 1 heterocycles. The lowest BCUT2D eigenvalue weighted by Crippen LogP contribution is -2.13. The molecular formula is C10H14ClNO3. The molecule has 5 heteroatoms. The number of aromatic carboxylic acids is 1. The Labute approximate surface area is 93.4 Å². The molecule has 1 atom stereocenters. The molecule has 1 aromatic rings. The Morgan fingerprint density at radius 1 is 1.73 bits per heavy atom. The van der Waals surface area contributed by atoms with Crippen molar-refractivity contribution in [2.24, 2.45) is 0 Å². The van der Waals surface area contributed by atoms with Crippen molar-refractivity contribution >= 4 is 17.6 Å². The van der Waals surface area contributed by atoms with Gasteiger partial charge >= 0.3 is 5.97 Å². The lowest BCUT2D eigenvalue weighted by atomic mass is 10.2. The van der Waals surface area contributed by atoms with Gasteiger partial charge in [0.05, 0.1) is 5.02 Å². The van der Waals surface area contributed by atoms with Crippen LogP contribution in [0.25, 0.3) is 0 Å². The van der Waals surface area contributed by atoms with Gasteiger partial charge in [0.1, 0.15) is 5.69 Å². The molecule has 0 fully saturated rings. The molecule has 1 rings (SSSR count). The van der Waals surface area contributed by atoms with E-state index in [-0.39, 0.29) is 11.7 Å². The quantitative estimate of drug-likeness (QED) is 0.847. The standard InChI is InChI=1S/C10H14ClNO3/c1-7(3-4-15-2)12-6-8(11)5-9(12)10(13)14/h5-7H,3-4H2,1-2H3,(H,13,14). The molecule has 0 aliphatic carbocycles. The van der Waals surface area contributed by atoms with E-state index in [2.05, 4.69) is 0 Å². The van der Waals surface area contributed by atoms with Gasteiger partial charge in [-0.3, -0.25) is 0 Å². The summed E-state index contributed by atoms with van der Waals surface area (Å²) in [6, 6.07) is 1.51. The maximum absolute atomic E-state index is 10.9. The smallest absolute Gasteiger partial charge is 0.352 e. The molecule has 15 heavy (non-hydrogen) atoms. The van der Waals surface area contributed by atoms with Crippen molar-refractivity contribution in [1.29, 1.82) is 0 Å². The Balaban J connectivity index is 2.86. The summed E-state index contributed by atoms with van der Waals surface area (Å²) >= 11 is 5.77. The number of methoxy groups -OCH3 is 1. The Hall–Kier alpha value is -1.00. The number of nitrogens with zero attached hydrogens (tertiary/aromatic N) is 1. The molecular weight excluding hydrogens is 218 g/mol. The summed E-state index contributed by atoms with van der Waals surface area (Å²) in [6.07, 6.45) is 2.38. The normalized spacial score (nSPS) is 12.7. The van der Waals surface area contributed by atoms with Crippen LogP contribution in [0.1, 0.15) is 29.9 Å². The van der Waals surface area contributed by atoms with Gasteiger partial charge in [-0.2, -0.15) is 0 Å². The highest BCUT2D eigenvalue weighted by atomic mass is 35.5. The Morgan fingerprint density at radius 3 is 2.93 bits per heavy atom. The van der Waals surface area contributed by atoms with Gasteiger partial charge in [0, 0.05) is 26.0 Å². The van der Waals surface area contributed by atoms with E-state index in [4.69, 9.17) is 21.4 Å². The highest BCUT2D eigenvalue weighted by Crippen LogP contribution is 2.21. The number of ether oxygens (including phenoxy) is 1. The molecule has 0 aliphatic heterocycles. The van der Waals surface area contributed by atoms with Crippen LogP contribution in [0, 0.1) is 0 Å². The lowest BCUT2D eigenvalue weighted by molar-refractivity contribution is 0.0681. The van der Waals surface area contributed by atoms with E-state index >= 15 is 0 Å². The predicted molar refractivity (Wildman–Crippen MR) is 57.6 cm³/mol. The summed E-state index contributed by atoms with van der Waals surface area (Å²) in [6.45, 7) is 2.53. The summed E-state index contributed by atoms with van der Waals surface area (Å²) in [5.74, 6) is -0.967. The van der Waals surface area contributed by atoms with Crippen molar-refractivity contribution in [2.75, 3.05) is 13.7 Å². The first kappa shape index (κ1) is 12.1. The number of rotatable bonds is 5. The average Bonchev–Trinajstić information content (AvgIpc) is 2.57. The predicted octanol–water partition coefficient (Wildman–Crippen LogP) is 2.44. The molecule has 0 radical (unpaired) electrons. The van der Waals surface area contributed by atoms with Gasteiger partial charge in [-0.15, -0.1) is 0 Å². The third-order valence-corrected chi connectivity index (χ3v) is 2.46. The van der Waals surface area contributed by atoms with E-state index in [1.165, 1.54) is 6.07 Å². The fraction of sp³-hybridized carbons (Fsp3) is 0.500. The number of carboxylic acid groups (broad SMARTS) is 1. The molecule has 1 unspecified atom stereocenters. The fourth-order valence-corrected chi connectivity index (χ4v) is 1.62. The van der Waals surface area contributed by atoms with E-state index in [1.54, 1.807) is 17.9 Å². The van der Waals surface area contributed by atoms with Gasteiger partial charge in [-0.25, -0.2) is 4.79 Å². The van der Waals surface area contributed by atoms with E-state index in [9.17, 15) is 4.79 Å². The van der Waals surface area contributed by atoms with Crippen molar-refractivity contribution in [3.63, 3.8) is 0 Å². The molecule has 1 aromatic heterocycles. The minimum absolute atomic E-state index is 0.0588. The molecule has 0 bridgehead atoms.